The first-order valence-corrected chi connectivity index (χ1v) is 9.27. The van der Waals surface area contributed by atoms with Crippen LogP contribution >= 0.6 is 0 Å². The van der Waals surface area contributed by atoms with Crippen LogP contribution in [0.15, 0.2) is 65.6 Å². The van der Waals surface area contributed by atoms with Gasteiger partial charge in [-0.1, -0.05) is 31.2 Å². The van der Waals surface area contributed by atoms with Crippen molar-refractivity contribution < 1.29 is 9.21 Å². The number of amides is 1. The second kappa shape index (κ2) is 7.66. The lowest BCUT2D eigenvalue weighted by atomic mass is 10.1. The number of furan rings is 1. The quantitative estimate of drug-likeness (QED) is 0.648. The maximum absolute atomic E-state index is 12.2. The summed E-state index contributed by atoms with van der Waals surface area (Å²) >= 11 is 0. The van der Waals surface area contributed by atoms with E-state index in [1.54, 1.807) is 18.6 Å². The highest BCUT2D eigenvalue weighted by Gasteiger charge is 2.36. The van der Waals surface area contributed by atoms with E-state index in [2.05, 4.69) is 23.3 Å². The van der Waals surface area contributed by atoms with Gasteiger partial charge in [-0.05, 0) is 41.7 Å². The lowest BCUT2D eigenvalue weighted by molar-refractivity contribution is -0.116. The summed E-state index contributed by atoms with van der Waals surface area (Å²) in [4.78, 5) is 16.2. The minimum absolute atomic E-state index is 0.134. The molecule has 3 aromatic rings. The number of carbonyl (C=O) groups excluding carboxylic acids is 1. The molecular weight excluding hydrogens is 338 g/mol. The standard InChI is InChI=1S/C22H23N3O2/c1-16-12-20(16)21-8-6-19(27-21)7-9-22(26)24-13-17-4-2-3-5-18(17)14-25-11-10-23-15-25/h2-11,15-16,20H,12-14H2,1H3,(H,24,26)/b9-7+/t16-,20+/m0/s1. The van der Waals surface area contributed by atoms with Gasteiger partial charge < -0.3 is 14.3 Å². The largest absolute Gasteiger partial charge is 0.461 e. The minimum atomic E-state index is -0.134. The maximum atomic E-state index is 12.2. The molecule has 2 aromatic heterocycles. The van der Waals surface area contributed by atoms with Crippen LogP contribution in [0, 0.1) is 5.92 Å². The van der Waals surface area contributed by atoms with Crippen LogP contribution in [0.4, 0.5) is 0 Å². The fraction of sp³-hybridized carbons (Fsp3) is 0.273. The van der Waals surface area contributed by atoms with Crippen molar-refractivity contribution in [3.63, 3.8) is 0 Å². The minimum Gasteiger partial charge on any atom is -0.461 e. The van der Waals surface area contributed by atoms with Crippen molar-refractivity contribution in [1.82, 2.24) is 14.9 Å². The number of hydrogen-bond donors (Lipinski definition) is 1. The molecule has 1 aliphatic rings. The molecule has 0 saturated heterocycles. The predicted octanol–water partition coefficient (Wildman–Crippen LogP) is 3.98. The number of hydrogen-bond acceptors (Lipinski definition) is 3. The molecule has 0 spiro atoms. The van der Waals surface area contributed by atoms with Crippen LogP contribution in [-0.4, -0.2) is 15.5 Å². The Bertz CT molecular complexity index is 940. The van der Waals surface area contributed by atoms with Gasteiger partial charge in [-0.2, -0.15) is 0 Å². The van der Waals surface area contributed by atoms with Crippen molar-refractivity contribution >= 4 is 12.0 Å². The average molecular weight is 361 g/mol. The third-order valence-electron chi connectivity index (χ3n) is 5.01. The molecule has 0 radical (unpaired) electrons. The second-order valence-corrected chi connectivity index (χ2v) is 7.11. The molecule has 1 N–H and O–H groups in total. The van der Waals surface area contributed by atoms with Gasteiger partial charge in [0.25, 0.3) is 0 Å². The number of rotatable bonds is 7. The van der Waals surface area contributed by atoms with Crippen molar-refractivity contribution in [3.05, 3.63) is 83.8 Å². The molecule has 1 amide bonds. The summed E-state index contributed by atoms with van der Waals surface area (Å²) in [5.41, 5.74) is 2.25. The number of imidazole rings is 1. The summed E-state index contributed by atoms with van der Waals surface area (Å²) in [6.07, 6.45) is 9.92. The van der Waals surface area contributed by atoms with E-state index < -0.39 is 0 Å². The van der Waals surface area contributed by atoms with E-state index in [-0.39, 0.29) is 5.91 Å². The van der Waals surface area contributed by atoms with Crippen molar-refractivity contribution in [2.24, 2.45) is 5.92 Å². The van der Waals surface area contributed by atoms with Gasteiger partial charge in [0.2, 0.25) is 5.91 Å². The Morgan fingerprint density at radius 1 is 1.30 bits per heavy atom. The van der Waals surface area contributed by atoms with Gasteiger partial charge in [0.05, 0.1) is 6.33 Å². The SMILES string of the molecule is C[C@H]1C[C@H]1c1ccc(/C=C/C(=O)NCc2ccccc2Cn2ccnc2)o1. The molecule has 1 aromatic carbocycles. The van der Waals surface area contributed by atoms with E-state index in [1.807, 2.05) is 41.1 Å². The fourth-order valence-corrected chi connectivity index (χ4v) is 3.24. The molecule has 0 bridgehead atoms. The highest BCUT2D eigenvalue weighted by Crippen LogP contribution is 2.47. The molecule has 4 rings (SSSR count). The highest BCUT2D eigenvalue weighted by atomic mass is 16.3. The fourth-order valence-electron chi connectivity index (χ4n) is 3.24. The number of nitrogens with one attached hydrogen (secondary N) is 1. The topological polar surface area (TPSA) is 60.1 Å². The molecule has 1 fully saturated rings. The summed E-state index contributed by atoms with van der Waals surface area (Å²) in [5, 5.41) is 2.95. The number of nitrogens with zero attached hydrogens (tertiary/aromatic N) is 2. The monoisotopic (exact) mass is 361 g/mol. The first kappa shape index (κ1) is 17.3. The van der Waals surface area contributed by atoms with Gasteiger partial charge in [0.1, 0.15) is 11.5 Å². The third kappa shape index (κ3) is 4.37. The Labute approximate surface area is 158 Å². The second-order valence-electron chi connectivity index (χ2n) is 7.11. The van der Waals surface area contributed by atoms with E-state index in [0.717, 1.165) is 29.2 Å². The van der Waals surface area contributed by atoms with Crippen molar-refractivity contribution in [2.75, 3.05) is 0 Å². The number of benzene rings is 1. The summed E-state index contributed by atoms with van der Waals surface area (Å²) in [6.45, 7) is 3.44. The van der Waals surface area contributed by atoms with E-state index >= 15 is 0 Å². The van der Waals surface area contributed by atoms with Crippen LogP contribution in [0.2, 0.25) is 0 Å². The van der Waals surface area contributed by atoms with E-state index in [0.29, 0.717) is 18.4 Å². The third-order valence-corrected chi connectivity index (χ3v) is 5.01. The average Bonchev–Trinajstić information content (AvgIpc) is 3.07. The molecule has 27 heavy (non-hydrogen) atoms. The lowest BCUT2D eigenvalue weighted by Crippen LogP contribution is -2.21. The summed E-state index contributed by atoms with van der Waals surface area (Å²) in [5.74, 6) is 2.87. The molecular formula is C22H23N3O2. The molecule has 2 heterocycles. The number of carbonyl (C=O) groups is 1. The molecule has 2 atom stereocenters. The summed E-state index contributed by atoms with van der Waals surface area (Å²) in [6, 6.07) is 12.0. The van der Waals surface area contributed by atoms with Crippen molar-refractivity contribution in [3.8, 4) is 0 Å². The molecule has 1 aliphatic carbocycles. The van der Waals surface area contributed by atoms with Crippen molar-refractivity contribution in [2.45, 2.75) is 32.4 Å². The van der Waals surface area contributed by atoms with Gasteiger partial charge in [-0.3, -0.25) is 4.79 Å². The van der Waals surface area contributed by atoms with Crippen LogP contribution in [0.3, 0.4) is 0 Å². The Morgan fingerprint density at radius 2 is 2.11 bits per heavy atom. The molecule has 0 aliphatic heterocycles. The molecule has 5 heteroatoms. The van der Waals surface area contributed by atoms with E-state index in [9.17, 15) is 4.79 Å². The Hall–Kier alpha value is -3.08. The van der Waals surface area contributed by atoms with Crippen LogP contribution in [0.1, 0.15) is 41.9 Å². The highest BCUT2D eigenvalue weighted by molar-refractivity contribution is 5.91. The normalized spacial score (nSPS) is 18.7. The lowest BCUT2D eigenvalue weighted by Gasteiger charge is -2.10. The first-order valence-electron chi connectivity index (χ1n) is 9.27. The van der Waals surface area contributed by atoms with Gasteiger partial charge in [-0.15, -0.1) is 0 Å². The van der Waals surface area contributed by atoms with Gasteiger partial charge in [-0.25, -0.2) is 4.98 Å². The Balaban J connectivity index is 1.33. The zero-order valence-corrected chi connectivity index (χ0v) is 15.3. The predicted molar refractivity (Wildman–Crippen MR) is 104 cm³/mol. The maximum Gasteiger partial charge on any atom is 0.244 e. The Kier molecular flexibility index (Phi) is 4.92. The van der Waals surface area contributed by atoms with Gasteiger partial charge in [0, 0.05) is 37.5 Å². The Morgan fingerprint density at radius 3 is 2.85 bits per heavy atom. The first-order chi connectivity index (χ1) is 13.2. The summed E-state index contributed by atoms with van der Waals surface area (Å²) < 4.78 is 7.80. The summed E-state index contributed by atoms with van der Waals surface area (Å²) in [7, 11) is 0. The zero-order valence-electron chi connectivity index (χ0n) is 15.3. The van der Waals surface area contributed by atoms with E-state index in [4.69, 9.17) is 4.42 Å². The van der Waals surface area contributed by atoms with Crippen LogP contribution in [0.25, 0.3) is 6.08 Å². The number of aromatic nitrogens is 2. The van der Waals surface area contributed by atoms with E-state index in [1.165, 1.54) is 12.5 Å². The van der Waals surface area contributed by atoms with Gasteiger partial charge >= 0.3 is 0 Å². The molecule has 138 valence electrons. The molecule has 0 unspecified atom stereocenters. The van der Waals surface area contributed by atoms with Crippen molar-refractivity contribution in [1.29, 1.82) is 0 Å². The van der Waals surface area contributed by atoms with Gasteiger partial charge in [0.15, 0.2) is 0 Å². The molecule has 1 saturated carbocycles. The van der Waals surface area contributed by atoms with Crippen LogP contribution in [-0.2, 0) is 17.9 Å². The zero-order chi connectivity index (χ0) is 18.6. The van der Waals surface area contributed by atoms with Crippen LogP contribution < -0.4 is 5.32 Å². The smallest absolute Gasteiger partial charge is 0.244 e. The molecule has 5 nitrogen and oxygen atoms in total. The van der Waals surface area contributed by atoms with Crippen LogP contribution in [0.5, 0.6) is 0 Å².